The minimum absolute atomic E-state index is 0.0295. The van der Waals surface area contributed by atoms with Crippen molar-refractivity contribution < 1.29 is 14.3 Å². The van der Waals surface area contributed by atoms with Crippen LogP contribution in [0, 0.1) is 5.92 Å². The van der Waals surface area contributed by atoms with Crippen LogP contribution in [0.25, 0.3) is 0 Å². The lowest BCUT2D eigenvalue weighted by Crippen LogP contribution is -2.40. The van der Waals surface area contributed by atoms with Gasteiger partial charge in [-0.25, -0.2) is 0 Å². The van der Waals surface area contributed by atoms with E-state index in [9.17, 15) is 9.59 Å². The third-order valence-corrected chi connectivity index (χ3v) is 4.95. The van der Waals surface area contributed by atoms with Crippen LogP contribution in [0.1, 0.15) is 44.6 Å². The lowest BCUT2D eigenvalue weighted by molar-refractivity contribution is -0.130. The highest BCUT2D eigenvalue weighted by atomic mass is 16.5. The average Bonchev–Trinajstić information content (AvgIpc) is 2.65. The quantitative estimate of drug-likeness (QED) is 0.787. The van der Waals surface area contributed by atoms with Gasteiger partial charge >= 0.3 is 0 Å². The fourth-order valence-electron chi connectivity index (χ4n) is 3.41. The van der Waals surface area contributed by atoms with Crippen LogP contribution in [-0.2, 0) is 16.0 Å². The zero-order chi connectivity index (χ0) is 18.1. The van der Waals surface area contributed by atoms with Crippen molar-refractivity contribution in [1.82, 2.24) is 10.2 Å². The zero-order valence-electron chi connectivity index (χ0n) is 15.4. The second-order valence-electron chi connectivity index (χ2n) is 6.69. The van der Waals surface area contributed by atoms with Crippen LogP contribution in [0.4, 0.5) is 0 Å². The fraction of sp³-hybridized carbons (Fsp3) is 0.600. The number of amides is 2. The Morgan fingerprint density at radius 2 is 1.88 bits per heavy atom. The largest absolute Gasteiger partial charge is 0.496 e. The van der Waals surface area contributed by atoms with Crippen LogP contribution in [-0.4, -0.2) is 43.5 Å². The summed E-state index contributed by atoms with van der Waals surface area (Å²) in [7, 11) is 1.66. The van der Waals surface area contributed by atoms with E-state index in [2.05, 4.69) is 5.32 Å². The van der Waals surface area contributed by atoms with Crippen LogP contribution >= 0.6 is 0 Å². The molecule has 5 nitrogen and oxygen atoms in total. The molecule has 0 bridgehead atoms. The summed E-state index contributed by atoms with van der Waals surface area (Å²) in [4.78, 5) is 25.8. The number of carbonyl (C=O) groups excluding carboxylic acids is 2. The van der Waals surface area contributed by atoms with E-state index in [1.165, 1.54) is 6.42 Å². The molecule has 0 aromatic heterocycles. The van der Waals surface area contributed by atoms with Gasteiger partial charge in [0.25, 0.3) is 0 Å². The van der Waals surface area contributed by atoms with Crippen LogP contribution in [0.3, 0.4) is 0 Å². The number of methoxy groups -OCH3 is 1. The summed E-state index contributed by atoms with van der Waals surface area (Å²) in [6.07, 6.45) is 6.27. The number of ether oxygens (including phenoxy) is 1. The molecule has 2 amide bonds. The molecule has 0 saturated heterocycles. The van der Waals surface area contributed by atoms with Crippen molar-refractivity contribution in [2.45, 2.75) is 45.4 Å². The smallest absolute Gasteiger partial charge is 0.223 e. The van der Waals surface area contributed by atoms with Gasteiger partial charge in [-0.3, -0.25) is 9.59 Å². The summed E-state index contributed by atoms with van der Waals surface area (Å²) in [6.45, 7) is 3.25. The summed E-state index contributed by atoms with van der Waals surface area (Å²) in [5.41, 5.74) is 1.09. The van der Waals surface area contributed by atoms with Gasteiger partial charge in [-0.1, -0.05) is 37.5 Å². The maximum absolute atomic E-state index is 12.2. The molecule has 138 valence electrons. The lowest BCUT2D eigenvalue weighted by atomic mass is 9.89. The fourth-order valence-corrected chi connectivity index (χ4v) is 3.41. The Hall–Kier alpha value is -2.04. The van der Waals surface area contributed by atoms with E-state index in [0.717, 1.165) is 43.4 Å². The summed E-state index contributed by atoms with van der Waals surface area (Å²) >= 11 is 0. The molecule has 0 radical (unpaired) electrons. The Balaban J connectivity index is 1.78. The third kappa shape index (κ3) is 6.07. The second-order valence-corrected chi connectivity index (χ2v) is 6.69. The highest BCUT2D eigenvalue weighted by Gasteiger charge is 2.20. The third-order valence-electron chi connectivity index (χ3n) is 4.95. The first-order chi connectivity index (χ1) is 12.1. The minimum Gasteiger partial charge on any atom is -0.496 e. The molecule has 1 saturated carbocycles. The van der Waals surface area contributed by atoms with Crippen molar-refractivity contribution in [3.63, 3.8) is 0 Å². The highest BCUT2D eigenvalue weighted by molar-refractivity contribution is 5.78. The molecule has 2 rings (SSSR count). The predicted molar refractivity (Wildman–Crippen MR) is 98.5 cm³/mol. The van der Waals surface area contributed by atoms with E-state index in [1.54, 1.807) is 18.9 Å². The van der Waals surface area contributed by atoms with Crippen molar-refractivity contribution in [2.24, 2.45) is 5.92 Å². The number of nitrogens with zero attached hydrogens (tertiary/aromatic N) is 1. The number of rotatable bonds is 8. The van der Waals surface area contributed by atoms with E-state index < -0.39 is 0 Å². The van der Waals surface area contributed by atoms with Gasteiger partial charge in [0.2, 0.25) is 11.8 Å². The monoisotopic (exact) mass is 346 g/mol. The topological polar surface area (TPSA) is 58.6 Å². The SMILES string of the molecule is COc1ccccc1CCN(CCNC(=O)C1CCCCC1)C(C)=O. The van der Waals surface area contributed by atoms with Gasteiger partial charge in [-0.2, -0.15) is 0 Å². The van der Waals surface area contributed by atoms with Crippen LogP contribution < -0.4 is 10.1 Å². The first kappa shape index (κ1) is 19.3. The van der Waals surface area contributed by atoms with Crippen LogP contribution in [0.2, 0.25) is 0 Å². The summed E-state index contributed by atoms with van der Waals surface area (Å²) < 4.78 is 5.36. The Morgan fingerprint density at radius 3 is 2.56 bits per heavy atom. The van der Waals surface area contributed by atoms with Crippen molar-refractivity contribution >= 4 is 11.8 Å². The molecular formula is C20H30N2O3. The highest BCUT2D eigenvalue weighted by Crippen LogP contribution is 2.23. The molecule has 1 aliphatic rings. The number of carbonyl (C=O) groups is 2. The number of nitrogens with one attached hydrogen (secondary N) is 1. The lowest BCUT2D eigenvalue weighted by Gasteiger charge is -2.24. The van der Waals surface area contributed by atoms with Gasteiger partial charge in [0.15, 0.2) is 0 Å². The maximum atomic E-state index is 12.2. The molecule has 1 N–H and O–H groups in total. The maximum Gasteiger partial charge on any atom is 0.223 e. The molecule has 0 spiro atoms. The van der Waals surface area contributed by atoms with Gasteiger partial charge in [0.1, 0.15) is 5.75 Å². The normalized spacial score (nSPS) is 14.8. The first-order valence-electron chi connectivity index (χ1n) is 9.27. The summed E-state index contributed by atoms with van der Waals surface area (Å²) in [5, 5.41) is 3.00. The zero-order valence-corrected chi connectivity index (χ0v) is 15.4. The van der Waals surface area contributed by atoms with Gasteiger partial charge in [0, 0.05) is 32.5 Å². The van der Waals surface area contributed by atoms with Crippen molar-refractivity contribution in [3.8, 4) is 5.75 Å². The molecule has 1 aromatic carbocycles. The number of para-hydroxylation sites is 1. The number of hydrogen-bond donors (Lipinski definition) is 1. The van der Waals surface area contributed by atoms with E-state index in [-0.39, 0.29) is 17.7 Å². The Morgan fingerprint density at radius 1 is 1.16 bits per heavy atom. The summed E-state index contributed by atoms with van der Waals surface area (Å²) in [5.74, 6) is 1.18. The van der Waals surface area contributed by atoms with E-state index in [0.29, 0.717) is 19.6 Å². The Bertz CT molecular complexity index is 568. The Labute approximate surface area is 150 Å². The predicted octanol–water partition coefficient (Wildman–Crippen LogP) is 2.78. The molecular weight excluding hydrogens is 316 g/mol. The van der Waals surface area contributed by atoms with E-state index >= 15 is 0 Å². The molecule has 1 fully saturated rings. The van der Waals surface area contributed by atoms with Gasteiger partial charge in [0.05, 0.1) is 7.11 Å². The average molecular weight is 346 g/mol. The molecule has 1 aromatic rings. The molecule has 0 heterocycles. The standard InChI is InChI=1S/C20H30N2O3/c1-16(23)22(14-12-17-8-6-7-11-19(17)25-2)15-13-21-20(24)18-9-4-3-5-10-18/h6-8,11,18H,3-5,9-10,12-15H2,1-2H3,(H,21,24). The van der Waals surface area contributed by atoms with E-state index in [1.807, 2.05) is 24.3 Å². The van der Waals surface area contributed by atoms with E-state index in [4.69, 9.17) is 4.74 Å². The van der Waals surface area contributed by atoms with Gasteiger partial charge in [-0.05, 0) is 30.9 Å². The molecule has 0 atom stereocenters. The minimum atomic E-state index is 0.0295. The van der Waals surface area contributed by atoms with Crippen LogP contribution in [0.5, 0.6) is 5.75 Å². The molecule has 1 aliphatic carbocycles. The van der Waals surface area contributed by atoms with Crippen molar-refractivity contribution in [1.29, 1.82) is 0 Å². The molecule has 25 heavy (non-hydrogen) atoms. The van der Waals surface area contributed by atoms with Gasteiger partial charge < -0.3 is 15.0 Å². The van der Waals surface area contributed by atoms with Gasteiger partial charge in [-0.15, -0.1) is 0 Å². The molecule has 5 heteroatoms. The Kier molecular flexibility index (Phi) is 7.76. The number of benzene rings is 1. The number of hydrogen-bond acceptors (Lipinski definition) is 3. The van der Waals surface area contributed by atoms with Crippen molar-refractivity contribution in [3.05, 3.63) is 29.8 Å². The molecule has 0 aliphatic heterocycles. The van der Waals surface area contributed by atoms with Crippen molar-refractivity contribution in [2.75, 3.05) is 26.7 Å². The van der Waals surface area contributed by atoms with Crippen LogP contribution in [0.15, 0.2) is 24.3 Å². The molecule has 0 unspecified atom stereocenters. The summed E-state index contributed by atoms with van der Waals surface area (Å²) in [6, 6.07) is 7.85. The second kappa shape index (κ2) is 10.1. The first-order valence-corrected chi connectivity index (χ1v) is 9.27.